The van der Waals surface area contributed by atoms with Gasteiger partial charge in [0, 0.05) is 38.1 Å². The van der Waals surface area contributed by atoms with Crippen LogP contribution in [0, 0.1) is 6.07 Å². The summed E-state index contributed by atoms with van der Waals surface area (Å²) in [5.74, 6) is 0. The Bertz CT molecular complexity index is 1620. The van der Waals surface area contributed by atoms with Gasteiger partial charge in [0.2, 0.25) is 0 Å². The summed E-state index contributed by atoms with van der Waals surface area (Å²) in [4.78, 5) is 8.87. The fourth-order valence-corrected chi connectivity index (χ4v) is 5.38. The molecule has 0 saturated carbocycles. The Morgan fingerprint density at radius 1 is 0.444 bits per heavy atom. The molecule has 0 aliphatic heterocycles. The van der Waals surface area contributed by atoms with Crippen molar-refractivity contribution in [2.45, 2.75) is 53.4 Å². The van der Waals surface area contributed by atoms with Crippen molar-refractivity contribution in [3.8, 4) is 44.8 Å². The summed E-state index contributed by atoms with van der Waals surface area (Å²) in [6.45, 7) is 8.83. The smallest absolute Gasteiger partial charge is 0.0702 e. The maximum atomic E-state index is 4.45. The Kier molecular flexibility index (Phi) is 12.6. The Morgan fingerprint density at radius 2 is 0.933 bits per heavy atom. The van der Waals surface area contributed by atoms with Crippen LogP contribution < -0.4 is 0 Å². The van der Waals surface area contributed by atoms with Crippen molar-refractivity contribution in [3.05, 3.63) is 156 Å². The molecule has 2 nitrogen and oxygen atoms in total. The van der Waals surface area contributed by atoms with E-state index in [-0.39, 0.29) is 20.1 Å². The molecule has 2 heterocycles. The van der Waals surface area contributed by atoms with Gasteiger partial charge in [0.15, 0.2) is 0 Å². The van der Waals surface area contributed by atoms with Gasteiger partial charge in [-0.25, -0.2) is 0 Å². The average Bonchev–Trinajstić information content (AvgIpc) is 3.12. The third-order valence-electron chi connectivity index (χ3n) is 7.97. The molecule has 0 aliphatic carbocycles. The van der Waals surface area contributed by atoms with Crippen molar-refractivity contribution in [1.29, 1.82) is 0 Å². The largest absolute Gasteiger partial charge is 0.305 e. The minimum absolute atomic E-state index is 0. The second-order valence-corrected chi connectivity index (χ2v) is 11.0. The molecule has 6 rings (SSSR count). The predicted octanol–water partition coefficient (Wildman–Crippen LogP) is 10.9. The van der Waals surface area contributed by atoms with E-state index < -0.39 is 0 Å². The van der Waals surface area contributed by atoms with E-state index in [0.717, 1.165) is 48.2 Å². The third-order valence-corrected chi connectivity index (χ3v) is 7.97. The number of pyridine rings is 2. The number of hydrogen-bond acceptors (Lipinski definition) is 2. The molecule has 45 heavy (non-hydrogen) atoms. The third kappa shape index (κ3) is 8.94. The van der Waals surface area contributed by atoms with Crippen molar-refractivity contribution in [1.82, 2.24) is 9.97 Å². The molecule has 0 unspecified atom stereocenters. The first-order chi connectivity index (χ1) is 21.6. The first-order valence-electron chi connectivity index (χ1n) is 15.8. The van der Waals surface area contributed by atoms with Crippen LogP contribution in [0.3, 0.4) is 0 Å². The monoisotopic (exact) mass is 766 g/mol. The Labute approximate surface area is 283 Å². The van der Waals surface area contributed by atoms with Crippen LogP contribution in [0.4, 0.5) is 0 Å². The maximum absolute atomic E-state index is 4.45. The van der Waals surface area contributed by atoms with Gasteiger partial charge in [0.1, 0.15) is 0 Å². The van der Waals surface area contributed by atoms with E-state index >= 15 is 0 Å². The fourth-order valence-electron chi connectivity index (χ4n) is 5.38. The molecule has 0 atom stereocenters. The van der Waals surface area contributed by atoms with Crippen molar-refractivity contribution in [2.24, 2.45) is 0 Å². The summed E-state index contributed by atoms with van der Waals surface area (Å²) in [5, 5.41) is 0. The molecule has 0 spiro atoms. The minimum atomic E-state index is 0. The zero-order valence-corrected chi connectivity index (χ0v) is 29.1. The number of nitrogens with zero attached hydrogens (tertiary/aromatic N) is 2. The molecular weight excluding hydrogens is 725 g/mol. The van der Waals surface area contributed by atoms with E-state index in [1.807, 2.05) is 48.8 Å². The number of rotatable bonds is 8. The standard InChI is InChI=1S/C21H21N.C21H20N.Ir/c2*1-3-16-12-17(4-2)14-20(13-16)18-8-7-9-19(15-18)21-10-5-6-11-22-21;/h5-15H,3-4H2,1-2H3;5-8,10-15H,3-4H2,1-2H3;/q;-1;. The molecule has 229 valence electrons. The van der Waals surface area contributed by atoms with Gasteiger partial charge in [-0.3, -0.25) is 4.98 Å². The van der Waals surface area contributed by atoms with Crippen LogP contribution in [-0.2, 0) is 45.8 Å². The molecule has 1 radical (unpaired) electrons. The number of hydrogen-bond donors (Lipinski definition) is 0. The molecule has 4 aromatic carbocycles. The van der Waals surface area contributed by atoms with Crippen LogP contribution in [-0.4, -0.2) is 9.97 Å². The summed E-state index contributed by atoms with van der Waals surface area (Å²) >= 11 is 0. The zero-order valence-electron chi connectivity index (χ0n) is 26.7. The zero-order chi connectivity index (χ0) is 30.7. The Morgan fingerprint density at radius 3 is 1.42 bits per heavy atom. The van der Waals surface area contributed by atoms with Crippen molar-refractivity contribution in [2.75, 3.05) is 0 Å². The first-order valence-corrected chi connectivity index (χ1v) is 15.8. The van der Waals surface area contributed by atoms with Crippen molar-refractivity contribution < 1.29 is 20.1 Å². The predicted molar refractivity (Wildman–Crippen MR) is 187 cm³/mol. The topological polar surface area (TPSA) is 25.8 Å². The van der Waals surface area contributed by atoms with Crippen LogP contribution >= 0.6 is 0 Å². The molecule has 3 heteroatoms. The molecule has 6 aromatic rings. The Balaban J connectivity index is 0.000000200. The van der Waals surface area contributed by atoms with Crippen LogP contribution in [0.1, 0.15) is 49.9 Å². The molecule has 2 aromatic heterocycles. The average molecular weight is 766 g/mol. The maximum Gasteiger partial charge on any atom is 0.0702 e. The van der Waals surface area contributed by atoms with E-state index in [0.29, 0.717) is 0 Å². The second kappa shape index (κ2) is 16.8. The summed E-state index contributed by atoms with van der Waals surface area (Å²) in [6.07, 6.45) is 7.93. The van der Waals surface area contributed by atoms with Crippen LogP contribution in [0.25, 0.3) is 44.8 Å². The van der Waals surface area contributed by atoms with E-state index in [1.54, 1.807) is 0 Å². The number of benzene rings is 4. The van der Waals surface area contributed by atoms with Crippen LogP contribution in [0.2, 0.25) is 0 Å². The number of aromatic nitrogens is 2. The molecule has 0 aliphatic rings. The van der Waals surface area contributed by atoms with Gasteiger partial charge in [-0.15, -0.1) is 35.4 Å². The van der Waals surface area contributed by atoms with Gasteiger partial charge in [-0.2, -0.15) is 0 Å². The molecule has 0 N–H and O–H groups in total. The summed E-state index contributed by atoms with van der Waals surface area (Å²) in [5.41, 5.74) is 14.8. The summed E-state index contributed by atoms with van der Waals surface area (Å²) < 4.78 is 0. The molecule has 0 fully saturated rings. The SMILES string of the molecule is CCc1cc(CC)cc(-c2cc[c-]c(-c3ccccn3)c2)c1.CCc1cc(CC)cc(-c2cccc(-c3ccccn3)c2)c1.[Ir]. The Hall–Kier alpha value is -4.17. The molecule has 0 amide bonds. The second-order valence-electron chi connectivity index (χ2n) is 11.0. The van der Waals surface area contributed by atoms with Crippen LogP contribution in [0.5, 0.6) is 0 Å². The van der Waals surface area contributed by atoms with Gasteiger partial charge in [-0.05, 0) is 94.6 Å². The van der Waals surface area contributed by atoms with E-state index in [2.05, 4.69) is 123 Å². The summed E-state index contributed by atoms with van der Waals surface area (Å²) in [6, 6.07) is 44.0. The molecule has 0 saturated heterocycles. The van der Waals surface area contributed by atoms with Gasteiger partial charge in [0.25, 0.3) is 0 Å². The van der Waals surface area contributed by atoms with Gasteiger partial charge < -0.3 is 4.98 Å². The van der Waals surface area contributed by atoms with Gasteiger partial charge >= 0.3 is 0 Å². The van der Waals surface area contributed by atoms with Crippen LogP contribution in [0.15, 0.2) is 128 Å². The molecular formula is C42H41IrN2-. The van der Waals surface area contributed by atoms with E-state index in [4.69, 9.17) is 0 Å². The summed E-state index contributed by atoms with van der Waals surface area (Å²) in [7, 11) is 0. The van der Waals surface area contributed by atoms with Crippen molar-refractivity contribution in [3.63, 3.8) is 0 Å². The van der Waals surface area contributed by atoms with E-state index in [1.165, 1.54) is 44.5 Å². The fraction of sp³-hybridized carbons (Fsp3) is 0.190. The normalized spacial score (nSPS) is 10.4. The van der Waals surface area contributed by atoms with Gasteiger partial charge in [0.05, 0.1) is 5.69 Å². The quantitative estimate of drug-likeness (QED) is 0.144. The van der Waals surface area contributed by atoms with Gasteiger partial charge in [-0.1, -0.05) is 100 Å². The van der Waals surface area contributed by atoms with E-state index in [9.17, 15) is 0 Å². The first kappa shape index (κ1) is 33.7. The minimum Gasteiger partial charge on any atom is -0.305 e. The number of aryl methyl sites for hydroxylation is 4. The molecule has 0 bridgehead atoms. The van der Waals surface area contributed by atoms with Crippen molar-refractivity contribution >= 4 is 0 Å².